The summed E-state index contributed by atoms with van der Waals surface area (Å²) in [5, 5.41) is 9.07. The van der Waals surface area contributed by atoms with Crippen LogP contribution in [0.3, 0.4) is 0 Å². The Labute approximate surface area is 146 Å². The second kappa shape index (κ2) is 6.55. The topological polar surface area (TPSA) is 62.5 Å². The molecule has 1 aromatic carbocycles. The average Bonchev–Trinajstić information content (AvgIpc) is 2.89. The van der Waals surface area contributed by atoms with Gasteiger partial charge in [-0.3, -0.25) is 4.79 Å². The standard InChI is InChI=1S/C19H20N4O2/c1-14-5-6-16-15(12-14)13-17(25-16)19(24)23-9-3-8-22(10-11-23)18-4-2-7-20-21-18/h2,4-7,12-13H,3,8-11H2,1H3. The van der Waals surface area contributed by atoms with Crippen molar-refractivity contribution in [2.24, 2.45) is 0 Å². The summed E-state index contributed by atoms with van der Waals surface area (Å²) in [5.74, 6) is 1.22. The summed E-state index contributed by atoms with van der Waals surface area (Å²) < 4.78 is 5.76. The zero-order valence-electron chi connectivity index (χ0n) is 14.2. The molecule has 0 radical (unpaired) electrons. The summed E-state index contributed by atoms with van der Waals surface area (Å²) in [6.45, 7) is 4.99. The van der Waals surface area contributed by atoms with Crippen molar-refractivity contribution < 1.29 is 9.21 Å². The van der Waals surface area contributed by atoms with E-state index in [4.69, 9.17) is 4.42 Å². The van der Waals surface area contributed by atoms with E-state index in [2.05, 4.69) is 15.1 Å². The maximum absolute atomic E-state index is 12.8. The van der Waals surface area contributed by atoms with Crippen LogP contribution in [0.15, 0.2) is 47.0 Å². The van der Waals surface area contributed by atoms with E-state index in [0.29, 0.717) is 18.8 Å². The molecular weight excluding hydrogens is 316 g/mol. The highest BCUT2D eigenvalue weighted by molar-refractivity contribution is 5.96. The first-order chi connectivity index (χ1) is 12.2. The number of aryl methyl sites for hydroxylation is 1. The fourth-order valence-electron chi connectivity index (χ4n) is 3.24. The molecule has 0 unspecified atom stereocenters. The molecule has 1 aliphatic heterocycles. The highest BCUT2D eigenvalue weighted by Crippen LogP contribution is 2.22. The Morgan fingerprint density at radius 2 is 2.04 bits per heavy atom. The molecule has 3 aromatic rings. The minimum Gasteiger partial charge on any atom is -0.451 e. The molecule has 6 heteroatoms. The van der Waals surface area contributed by atoms with Crippen LogP contribution in [-0.2, 0) is 0 Å². The minimum atomic E-state index is -0.0464. The normalized spacial score (nSPS) is 15.4. The Kier molecular flexibility index (Phi) is 4.09. The fourth-order valence-corrected chi connectivity index (χ4v) is 3.24. The second-order valence-corrected chi connectivity index (χ2v) is 6.37. The van der Waals surface area contributed by atoms with Crippen molar-refractivity contribution in [2.75, 3.05) is 31.1 Å². The van der Waals surface area contributed by atoms with Crippen LogP contribution in [0.25, 0.3) is 11.0 Å². The van der Waals surface area contributed by atoms with Crippen LogP contribution in [0.5, 0.6) is 0 Å². The van der Waals surface area contributed by atoms with Crippen LogP contribution in [0.4, 0.5) is 5.82 Å². The van der Waals surface area contributed by atoms with Gasteiger partial charge in [0.1, 0.15) is 5.58 Å². The lowest BCUT2D eigenvalue weighted by Crippen LogP contribution is -2.35. The fraction of sp³-hybridized carbons (Fsp3) is 0.316. The second-order valence-electron chi connectivity index (χ2n) is 6.37. The number of rotatable bonds is 2. The smallest absolute Gasteiger partial charge is 0.289 e. The van der Waals surface area contributed by atoms with Gasteiger partial charge in [0.2, 0.25) is 0 Å². The molecule has 3 heterocycles. The molecule has 0 saturated carbocycles. The summed E-state index contributed by atoms with van der Waals surface area (Å²) in [5.41, 5.74) is 1.91. The predicted molar refractivity (Wildman–Crippen MR) is 95.7 cm³/mol. The summed E-state index contributed by atoms with van der Waals surface area (Å²) in [6, 6.07) is 11.6. The Hall–Kier alpha value is -2.89. The Morgan fingerprint density at radius 1 is 1.12 bits per heavy atom. The SMILES string of the molecule is Cc1ccc2oc(C(=O)N3CCCN(c4cccnn4)CC3)cc2c1. The number of benzene rings is 1. The van der Waals surface area contributed by atoms with Crippen molar-refractivity contribution in [3.05, 3.63) is 53.9 Å². The first kappa shape index (κ1) is 15.6. The zero-order chi connectivity index (χ0) is 17.2. The molecule has 1 saturated heterocycles. The molecule has 6 nitrogen and oxygen atoms in total. The third kappa shape index (κ3) is 3.20. The van der Waals surface area contributed by atoms with Crippen molar-refractivity contribution in [1.29, 1.82) is 0 Å². The third-order valence-electron chi connectivity index (χ3n) is 4.55. The number of hydrogen-bond donors (Lipinski definition) is 0. The van der Waals surface area contributed by atoms with E-state index in [1.165, 1.54) is 0 Å². The molecule has 0 bridgehead atoms. The van der Waals surface area contributed by atoms with Gasteiger partial charge >= 0.3 is 0 Å². The number of carbonyl (C=O) groups excluding carboxylic acids is 1. The van der Waals surface area contributed by atoms with E-state index in [1.807, 2.05) is 48.2 Å². The summed E-state index contributed by atoms with van der Waals surface area (Å²) >= 11 is 0. The van der Waals surface area contributed by atoms with Gasteiger partial charge in [-0.05, 0) is 43.7 Å². The maximum atomic E-state index is 12.8. The number of carbonyl (C=O) groups is 1. The summed E-state index contributed by atoms with van der Waals surface area (Å²) in [7, 11) is 0. The van der Waals surface area contributed by atoms with E-state index in [1.54, 1.807) is 6.20 Å². The van der Waals surface area contributed by atoms with Crippen LogP contribution in [-0.4, -0.2) is 47.2 Å². The molecule has 0 aliphatic carbocycles. The molecule has 1 amide bonds. The first-order valence-corrected chi connectivity index (χ1v) is 8.53. The Balaban J connectivity index is 1.50. The van der Waals surface area contributed by atoms with Crippen LogP contribution in [0.2, 0.25) is 0 Å². The summed E-state index contributed by atoms with van der Waals surface area (Å²) in [4.78, 5) is 16.9. The maximum Gasteiger partial charge on any atom is 0.289 e. The molecule has 1 fully saturated rings. The van der Waals surface area contributed by atoms with Gasteiger partial charge in [-0.1, -0.05) is 11.6 Å². The molecule has 0 N–H and O–H groups in total. The van der Waals surface area contributed by atoms with Gasteiger partial charge in [-0.25, -0.2) is 0 Å². The zero-order valence-corrected chi connectivity index (χ0v) is 14.2. The monoisotopic (exact) mass is 336 g/mol. The molecule has 1 aliphatic rings. The lowest BCUT2D eigenvalue weighted by Gasteiger charge is -2.21. The van der Waals surface area contributed by atoms with Crippen molar-refractivity contribution in [3.8, 4) is 0 Å². The van der Waals surface area contributed by atoms with E-state index in [0.717, 1.165) is 41.9 Å². The quantitative estimate of drug-likeness (QED) is 0.720. The van der Waals surface area contributed by atoms with Gasteiger partial charge in [0.05, 0.1) is 0 Å². The van der Waals surface area contributed by atoms with Crippen LogP contribution >= 0.6 is 0 Å². The van der Waals surface area contributed by atoms with Crippen molar-refractivity contribution in [2.45, 2.75) is 13.3 Å². The van der Waals surface area contributed by atoms with Crippen molar-refractivity contribution in [1.82, 2.24) is 15.1 Å². The highest BCUT2D eigenvalue weighted by atomic mass is 16.3. The number of aromatic nitrogens is 2. The van der Waals surface area contributed by atoms with Crippen LogP contribution < -0.4 is 4.90 Å². The molecule has 0 atom stereocenters. The van der Waals surface area contributed by atoms with E-state index in [9.17, 15) is 4.79 Å². The first-order valence-electron chi connectivity index (χ1n) is 8.53. The molecule has 128 valence electrons. The number of furan rings is 1. The van der Waals surface area contributed by atoms with E-state index < -0.39 is 0 Å². The molecule has 4 rings (SSSR count). The van der Waals surface area contributed by atoms with Crippen LogP contribution in [0, 0.1) is 6.92 Å². The number of amides is 1. The number of nitrogens with zero attached hydrogens (tertiary/aromatic N) is 4. The van der Waals surface area contributed by atoms with Crippen molar-refractivity contribution >= 4 is 22.7 Å². The number of fused-ring (bicyclic) bond motifs is 1. The third-order valence-corrected chi connectivity index (χ3v) is 4.55. The van der Waals surface area contributed by atoms with Gasteiger partial charge in [-0.15, -0.1) is 5.10 Å². The number of hydrogen-bond acceptors (Lipinski definition) is 5. The van der Waals surface area contributed by atoms with Gasteiger partial charge in [0.15, 0.2) is 11.6 Å². The lowest BCUT2D eigenvalue weighted by molar-refractivity contribution is 0.0737. The molecule has 0 spiro atoms. The predicted octanol–water partition coefficient (Wildman–Crippen LogP) is 2.88. The highest BCUT2D eigenvalue weighted by Gasteiger charge is 2.23. The van der Waals surface area contributed by atoms with Gasteiger partial charge in [-0.2, -0.15) is 5.10 Å². The summed E-state index contributed by atoms with van der Waals surface area (Å²) in [6.07, 6.45) is 2.56. The number of anilines is 1. The van der Waals surface area contributed by atoms with Gasteiger partial charge in [0, 0.05) is 37.8 Å². The Morgan fingerprint density at radius 3 is 2.88 bits per heavy atom. The molecular formula is C19H20N4O2. The largest absolute Gasteiger partial charge is 0.451 e. The molecule has 25 heavy (non-hydrogen) atoms. The minimum absolute atomic E-state index is 0.0464. The van der Waals surface area contributed by atoms with E-state index >= 15 is 0 Å². The average molecular weight is 336 g/mol. The van der Waals surface area contributed by atoms with Crippen LogP contribution in [0.1, 0.15) is 22.5 Å². The van der Waals surface area contributed by atoms with E-state index in [-0.39, 0.29) is 5.91 Å². The molecule has 2 aromatic heterocycles. The van der Waals surface area contributed by atoms with Crippen molar-refractivity contribution in [3.63, 3.8) is 0 Å². The Bertz CT molecular complexity index is 891. The lowest BCUT2D eigenvalue weighted by atomic mass is 10.2. The van der Waals surface area contributed by atoms with Gasteiger partial charge < -0.3 is 14.2 Å². The van der Waals surface area contributed by atoms with Gasteiger partial charge in [0.25, 0.3) is 5.91 Å².